The van der Waals surface area contributed by atoms with Crippen molar-refractivity contribution < 1.29 is 8.42 Å². The molecule has 0 amide bonds. The third-order valence-corrected chi connectivity index (χ3v) is 6.62. The van der Waals surface area contributed by atoms with Crippen molar-refractivity contribution in [1.29, 1.82) is 0 Å². The summed E-state index contributed by atoms with van der Waals surface area (Å²) < 4.78 is 27.0. The second-order valence-electron chi connectivity index (χ2n) is 6.36. The molecule has 0 unspecified atom stereocenters. The zero-order valence-electron chi connectivity index (χ0n) is 14.2. The second-order valence-corrected chi connectivity index (χ2v) is 8.25. The number of hydrogen-bond acceptors (Lipinski definition) is 2. The molecular formula is C22H18O2S. The fourth-order valence-electron chi connectivity index (χ4n) is 3.43. The van der Waals surface area contributed by atoms with Gasteiger partial charge in [0.25, 0.3) is 0 Å². The highest BCUT2D eigenvalue weighted by Gasteiger charge is 2.24. The Morgan fingerprint density at radius 3 is 1.52 bits per heavy atom. The van der Waals surface area contributed by atoms with Crippen LogP contribution >= 0.6 is 0 Å². The van der Waals surface area contributed by atoms with Crippen LogP contribution in [0.5, 0.6) is 0 Å². The number of rotatable bonds is 2. The molecule has 0 atom stereocenters. The van der Waals surface area contributed by atoms with Crippen LogP contribution in [0, 0.1) is 13.8 Å². The Hall–Kier alpha value is -2.65. The van der Waals surface area contributed by atoms with E-state index in [-0.39, 0.29) is 0 Å². The van der Waals surface area contributed by atoms with Crippen molar-refractivity contribution in [3.8, 4) is 0 Å². The topological polar surface area (TPSA) is 34.1 Å². The van der Waals surface area contributed by atoms with Crippen molar-refractivity contribution in [2.24, 2.45) is 0 Å². The minimum Gasteiger partial charge on any atom is -0.218 e. The number of sulfone groups is 1. The molecule has 0 heterocycles. The van der Waals surface area contributed by atoms with Crippen LogP contribution in [0.15, 0.2) is 82.6 Å². The first kappa shape index (κ1) is 15.9. The fourth-order valence-corrected chi connectivity index (χ4v) is 5.10. The van der Waals surface area contributed by atoms with Gasteiger partial charge in [0.15, 0.2) is 0 Å². The van der Waals surface area contributed by atoms with Gasteiger partial charge in [0.05, 0.1) is 9.79 Å². The maximum absolute atomic E-state index is 13.5. The summed E-state index contributed by atoms with van der Waals surface area (Å²) >= 11 is 0. The van der Waals surface area contributed by atoms with Gasteiger partial charge in [-0.2, -0.15) is 0 Å². The van der Waals surface area contributed by atoms with E-state index in [9.17, 15) is 8.42 Å². The van der Waals surface area contributed by atoms with Gasteiger partial charge in [0, 0.05) is 10.8 Å². The molecule has 4 aromatic rings. The first-order valence-corrected chi connectivity index (χ1v) is 9.70. The van der Waals surface area contributed by atoms with E-state index in [4.69, 9.17) is 0 Å². The molecule has 0 saturated heterocycles. The molecule has 4 aromatic carbocycles. The fraction of sp³-hybridized carbons (Fsp3) is 0.0909. The molecule has 0 aliphatic carbocycles. The molecule has 0 aliphatic heterocycles. The summed E-state index contributed by atoms with van der Waals surface area (Å²) in [5.41, 5.74) is 2.15. The van der Waals surface area contributed by atoms with Crippen LogP contribution in [-0.2, 0) is 9.84 Å². The Morgan fingerprint density at radius 2 is 1.04 bits per heavy atom. The third kappa shape index (κ3) is 2.43. The molecule has 0 aliphatic rings. The first-order valence-electron chi connectivity index (χ1n) is 8.22. The maximum atomic E-state index is 13.5. The van der Waals surface area contributed by atoms with Gasteiger partial charge in [-0.3, -0.25) is 0 Å². The van der Waals surface area contributed by atoms with E-state index in [1.165, 1.54) is 0 Å². The van der Waals surface area contributed by atoms with E-state index < -0.39 is 9.84 Å². The maximum Gasteiger partial charge on any atom is 0.207 e. The Balaban J connectivity index is 2.19. The lowest BCUT2D eigenvalue weighted by atomic mass is 9.98. The number of fused-ring (bicyclic) bond motifs is 2. The third-order valence-electron chi connectivity index (χ3n) is 4.75. The van der Waals surface area contributed by atoms with E-state index in [0.29, 0.717) is 9.79 Å². The highest BCUT2D eigenvalue weighted by Crippen LogP contribution is 2.37. The quantitative estimate of drug-likeness (QED) is 0.453. The minimum absolute atomic E-state index is 0.331. The minimum atomic E-state index is -3.63. The van der Waals surface area contributed by atoms with Gasteiger partial charge in [0.1, 0.15) is 0 Å². The molecule has 0 spiro atoms. The summed E-state index contributed by atoms with van der Waals surface area (Å²) in [7, 11) is -3.63. The molecule has 0 fully saturated rings. The molecule has 0 N–H and O–H groups in total. The van der Waals surface area contributed by atoms with Gasteiger partial charge in [-0.05, 0) is 42.3 Å². The van der Waals surface area contributed by atoms with E-state index in [1.807, 2.05) is 74.5 Å². The van der Waals surface area contributed by atoms with Crippen molar-refractivity contribution >= 4 is 31.4 Å². The van der Waals surface area contributed by atoms with Gasteiger partial charge in [-0.25, -0.2) is 8.42 Å². The van der Waals surface area contributed by atoms with Gasteiger partial charge < -0.3 is 0 Å². The summed E-state index contributed by atoms with van der Waals surface area (Å²) in [5, 5.41) is 3.51. The van der Waals surface area contributed by atoms with Crippen LogP contribution in [0.4, 0.5) is 0 Å². The summed E-state index contributed by atoms with van der Waals surface area (Å²) in [6.45, 7) is 4.00. The van der Waals surface area contributed by atoms with Gasteiger partial charge in [-0.1, -0.05) is 66.2 Å². The highest BCUT2D eigenvalue weighted by molar-refractivity contribution is 7.92. The summed E-state index contributed by atoms with van der Waals surface area (Å²) in [6, 6.07) is 22.5. The summed E-state index contributed by atoms with van der Waals surface area (Å²) in [5.74, 6) is 0. The lowest BCUT2D eigenvalue weighted by molar-refractivity contribution is 0.597. The lowest BCUT2D eigenvalue weighted by Gasteiger charge is -2.15. The normalized spacial score (nSPS) is 11.9. The molecule has 0 bridgehead atoms. The number of benzene rings is 4. The average Bonchev–Trinajstić information content (AvgIpc) is 2.62. The molecule has 3 heteroatoms. The highest BCUT2D eigenvalue weighted by atomic mass is 32.2. The molecule has 25 heavy (non-hydrogen) atoms. The van der Waals surface area contributed by atoms with E-state index in [0.717, 1.165) is 32.7 Å². The van der Waals surface area contributed by atoms with Crippen LogP contribution in [0.25, 0.3) is 21.5 Å². The monoisotopic (exact) mass is 346 g/mol. The predicted octanol–water partition coefficient (Wildman–Crippen LogP) is 5.44. The Bertz CT molecular complexity index is 1150. The largest absolute Gasteiger partial charge is 0.218 e. The van der Waals surface area contributed by atoms with E-state index in [2.05, 4.69) is 0 Å². The number of hydrogen-bond donors (Lipinski definition) is 0. The van der Waals surface area contributed by atoms with Gasteiger partial charge >= 0.3 is 0 Å². The molecule has 0 saturated carbocycles. The molecule has 0 aromatic heterocycles. The van der Waals surface area contributed by atoms with Crippen molar-refractivity contribution in [2.75, 3.05) is 0 Å². The van der Waals surface area contributed by atoms with Crippen LogP contribution in [-0.4, -0.2) is 8.42 Å². The summed E-state index contributed by atoms with van der Waals surface area (Å²) in [4.78, 5) is 0.727. The Morgan fingerprint density at radius 1 is 0.600 bits per heavy atom. The van der Waals surface area contributed by atoms with Crippen molar-refractivity contribution in [3.05, 3.63) is 83.9 Å². The van der Waals surface area contributed by atoms with Gasteiger partial charge in [0.2, 0.25) is 9.84 Å². The van der Waals surface area contributed by atoms with Crippen molar-refractivity contribution in [3.63, 3.8) is 0 Å². The predicted molar refractivity (Wildman–Crippen MR) is 103 cm³/mol. The smallest absolute Gasteiger partial charge is 0.207 e. The molecule has 0 radical (unpaired) electrons. The standard InChI is InChI=1S/C22H18O2S/c1-15-11-13-17(14-12-15)25(23,24)22-20-9-5-3-7-18(20)16(2)19-8-4-6-10-21(19)22/h3-14H,1-2H3. The zero-order chi connectivity index (χ0) is 17.6. The molecule has 4 rings (SSSR count). The van der Waals surface area contributed by atoms with Crippen LogP contribution < -0.4 is 0 Å². The second kappa shape index (κ2) is 5.71. The SMILES string of the molecule is Cc1ccc(S(=O)(=O)c2c3ccccc3c(C)c3ccccc23)cc1. The van der Waals surface area contributed by atoms with Crippen molar-refractivity contribution in [2.45, 2.75) is 23.6 Å². The number of aryl methyl sites for hydroxylation is 2. The van der Waals surface area contributed by atoms with Crippen LogP contribution in [0.1, 0.15) is 11.1 Å². The first-order chi connectivity index (χ1) is 12.0. The molecular weight excluding hydrogens is 328 g/mol. The van der Waals surface area contributed by atoms with Crippen molar-refractivity contribution in [1.82, 2.24) is 0 Å². The molecule has 2 nitrogen and oxygen atoms in total. The van der Waals surface area contributed by atoms with Crippen LogP contribution in [0.2, 0.25) is 0 Å². The summed E-state index contributed by atoms with van der Waals surface area (Å²) in [6.07, 6.45) is 0. The van der Waals surface area contributed by atoms with Crippen LogP contribution in [0.3, 0.4) is 0 Å². The average molecular weight is 346 g/mol. The molecule has 124 valence electrons. The van der Waals surface area contributed by atoms with E-state index in [1.54, 1.807) is 12.1 Å². The zero-order valence-corrected chi connectivity index (χ0v) is 15.0. The van der Waals surface area contributed by atoms with E-state index >= 15 is 0 Å². The Kier molecular flexibility index (Phi) is 3.62. The Labute approximate surface area is 147 Å². The lowest BCUT2D eigenvalue weighted by Crippen LogP contribution is -2.05. The van der Waals surface area contributed by atoms with Gasteiger partial charge in [-0.15, -0.1) is 0 Å².